The molecule has 0 aliphatic carbocycles. The van der Waals surface area contributed by atoms with Gasteiger partial charge in [0.25, 0.3) is 0 Å². The number of hydrogen-bond donors (Lipinski definition) is 2. The third-order valence-electron chi connectivity index (χ3n) is 3.08. The fraction of sp³-hybridized carbons (Fsp3) is 0.133. The van der Waals surface area contributed by atoms with Crippen molar-refractivity contribution < 1.29 is 4.42 Å². The van der Waals surface area contributed by atoms with Crippen LogP contribution in [-0.4, -0.2) is 4.98 Å². The largest absolute Gasteiger partial charge is 0.464 e. The highest BCUT2D eigenvalue weighted by Gasteiger charge is 2.09. The van der Waals surface area contributed by atoms with Gasteiger partial charge in [-0.1, -0.05) is 18.2 Å². The maximum Gasteiger partial charge on any atom is 0.141 e. The quantitative estimate of drug-likeness (QED) is 0.748. The van der Waals surface area contributed by atoms with Gasteiger partial charge in [-0.05, 0) is 30.7 Å². The zero-order valence-electron chi connectivity index (χ0n) is 10.6. The molecule has 4 heteroatoms. The van der Waals surface area contributed by atoms with Gasteiger partial charge in [0.1, 0.15) is 11.4 Å². The molecule has 96 valence electrons. The number of fused-ring (bicyclic) bond motifs is 1. The van der Waals surface area contributed by atoms with Gasteiger partial charge in [-0.15, -0.1) is 0 Å². The van der Waals surface area contributed by atoms with Gasteiger partial charge in [0, 0.05) is 17.9 Å². The SMILES string of the molecule is CC(N)c1ccccc1Nc1nccc2occc12. The second-order valence-electron chi connectivity index (χ2n) is 4.49. The molecule has 0 amide bonds. The summed E-state index contributed by atoms with van der Waals surface area (Å²) >= 11 is 0. The Kier molecular flexibility index (Phi) is 2.93. The first-order valence-electron chi connectivity index (χ1n) is 6.19. The minimum atomic E-state index is -0.0350. The van der Waals surface area contributed by atoms with Gasteiger partial charge in [-0.2, -0.15) is 0 Å². The summed E-state index contributed by atoms with van der Waals surface area (Å²) in [5, 5.41) is 4.29. The molecular weight excluding hydrogens is 238 g/mol. The van der Waals surface area contributed by atoms with Crippen LogP contribution in [0.5, 0.6) is 0 Å². The van der Waals surface area contributed by atoms with Crippen molar-refractivity contribution >= 4 is 22.5 Å². The first-order chi connectivity index (χ1) is 9.25. The Hall–Kier alpha value is -2.33. The fourth-order valence-corrected chi connectivity index (χ4v) is 2.13. The van der Waals surface area contributed by atoms with E-state index >= 15 is 0 Å². The number of pyridine rings is 1. The average Bonchev–Trinajstić information content (AvgIpc) is 2.88. The molecule has 2 heterocycles. The Balaban J connectivity index is 2.04. The van der Waals surface area contributed by atoms with Crippen molar-refractivity contribution in [3.8, 4) is 0 Å². The maximum atomic E-state index is 5.98. The molecule has 3 rings (SSSR count). The van der Waals surface area contributed by atoms with Gasteiger partial charge in [0.2, 0.25) is 0 Å². The summed E-state index contributed by atoms with van der Waals surface area (Å²) in [5.74, 6) is 0.777. The molecule has 1 aromatic carbocycles. The summed E-state index contributed by atoms with van der Waals surface area (Å²) in [5.41, 5.74) is 8.83. The van der Waals surface area contributed by atoms with E-state index in [4.69, 9.17) is 10.2 Å². The lowest BCUT2D eigenvalue weighted by molar-refractivity contribution is 0.615. The van der Waals surface area contributed by atoms with E-state index in [-0.39, 0.29) is 6.04 Å². The molecular formula is C15H15N3O. The molecule has 0 aliphatic heterocycles. The predicted octanol–water partition coefficient (Wildman–Crippen LogP) is 3.59. The molecule has 0 spiro atoms. The number of hydrogen-bond acceptors (Lipinski definition) is 4. The molecule has 3 N–H and O–H groups in total. The fourth-order valence-electron chi connectivity index (χ4n) is 2.13. The van der Waals surface area contributed by atoms with Crippen LogP contribution >= 0.6 is 0 Å². The van der Waals surface area contributed by atoms with Crippen LogP contribution in [0.3, 0.4) is 0 Å². The predicted molar refractivity (Wildman–Crippen MR) is 76.3 cm³/mol. The summed E-state index contributed by atoms with van der Waals surface area (Å²) in [6, 6.07) is 11.7. The highest BCUT2D eigenvalue weighted by Crippen LogP contribution is 2.28. The Morgan fingerprint density at radius 3 is 2.89 bits per heavy atom. The Morgan fingerprint density at radius 1 is 1.21 bits per heavy atom. The summed E-state index contributed by atoms with van der Waals surface area (Å²) < 4.78 is 5.37. The topological polar surface area (TPSA) is 64.1 Å². The highest BCUT2D eigenvalue weighted by molar-refractivity contribution is 5.90. The maximum absolute atomic E-state index is 5.98. The number of aromatic nitrogens is 1. The number of nitrogens with zero attached hydrogens (tertiary/aromatic N) is 1. The van der Waals surface area contributed by atoms with Crippen LogP contribution < -0.4 is 11.1 Å². The van der Waals surface area contributed by atoms with E-state index in [1.165, 1.54) is 0 Å². The van der Waals surface area contributed by atoms with Crippen LogP contribution in [0.1, 0.15) is 18.5 Å². The third kappa shape index (κ3) is 2.18. The number of nitrogens with one attached hydrogen (secondary N) is 1. The number of nitrogens with two attached hydrogens (primary N) is 1. The van der Waals surface area contributed by atoms with E-state index in [1.807, 2.05) is 43.3 Å². The smallest absolute Gasteiger partial charge is 0.141 e. The lowest BCUT2D eigenvalue weighted by Crippen LogP contribution is -2.08. The molecule has 0 fully saturated rings. The summed E-state index contributed by atoms with van der Waals surface area (Å²) in [7, 11) is 0. The average molecular weight is 253 g/mol. The van der Waals surface area contributed by atoms with Crippen LogP contribution in [0.15, 0.2) is 53.3 Å². The second-order valence-corrected chi connectivity index (χ2v) is 4.49. The molecule has 1 unspecified atom stereocenters. The van der Waals surface area contributed by atoms with E-state index in [9.17, 15) is 0 Å². The normalized spacial score (nSPS) is 12.5. The van der Waals surface area contributed by atoms with Crippen LogP contribution in [-0.2, 0) is 0 Å². The van der Waals surface area contributed by atoms with Gasteiger partial charge < -0.3 is 15.5 Å². The monoisotopic (exact) mass is 253 g/mol. The van der Waals surface area contributed by atoms with E-state index in [0.717, 1.165) is 28.0 Å². The first kappa shape index (κ1) is 11.7. The Morgan fingerprint density at radius 2 is 2.05 bits per heavy atom. The Bertz CT molecular complexity index is 703. The van der Waals surface area contributed by atoms with Gasteiger partial charge in [-0.3, -0.25) is 0 Å². The second kappa shape index (κ2) is 4.74. The molecule has 0 radical (unpaired) electrons. The van der Waals surface area contributed by atoms with Crippen molar-refractivity contribution in [2.24, 2.45) is 5.73 Å². The van der Waals surface area contributed by atoms with Gasteiger partial charge >= 0.3 is 0 Å². The van der Waals surface area contributed by atoms with E-state index in [1.54, 1.807) is 12.5 Å². The number of anilines is 2. The van der Waals surface area contributed by atoms with Crippen LogP contribution in [0.4, 0.5) is 11.5 Å². The van der Waals surface area contributed by atoms with E-state index < -0.39 is 0 Å². The molecule has 4 nitrogen and oxygen atoms in total. The van der Waals surface area contributed by atoms with Crippen molar-refractivity contribution in [3.63, 3.8) is 0 Å². The van der Waals surface area contributed by atoms with Gasteiger partial charge in [-0.25, -0.2) is 4.98 Å². The molecule has 3 aromatic rings. The summed E-state index contributed by atoms with van der Waals surface area (Å²) in [6.45, 7) is 1.96. The number of benzene rings is 1. The standard InChI is InChI=1S/C15H15N3O/c1-10(16)11-4-2-3-5-13(11)18-15-12-7-9-19-14(12)6-8-17-15/h2-10H,16H2,1H3,(H,17,18). The summed E-state index contributed by atoms with van der Waals surface area (Å²) in [4.78, 5) is 4.36. The third-order valence-corrected chi connectivity index (χ3v) is 3.08. The van der Waals surface area contributed by atoms with Gasteiger partial charge in [0.05, 0.1) is 11.6 Å². The highest BCUT2D eigenvalue weighted by atomic mass is 16.3. The number of rotatable bonds is 3. The van der Waals surface area contributed by atoms with Crippen LogP contribution in [0.25, 0.3) is 11.0 Å². The minimum absolute atomic E-state index is 0.0350. The van der Waals surface area contributed by atoms with Crippen molar-refractivity contribution in [3.05, 3.63) is 54.4 Å². The molecule has 0 aliphatic rings. The summed E-state index contributed by atoms with van der Waals surface area (Å²) in [6.07, 6.45) is 3.39. The van der Waals surface area contributed by atoms with E-state index in [2.05, 4.69) is 10.3 Å². The lowest BCUT2D eigenvalue weighted by atomic mass is 10.1. The van der Waals surface area contributed by atoms with Gasteiger partial charge in [0.15, 0.2) is 0 Å². The first-order valence-corrected chi connectivity index (χ1v) is 6.19. The molecule has 2 aromatic heterocycles. The van der Waals surface area contributed by atoms with Crippen molar-refractivity contribution in [1.82, 2.24) is 4.98 Å². The molecule has 0 saturated carbocycles. The molecule has 0 saturated heterocycles. The Labute approximate surface area is 111 Å². The zero-order valence-corrected chi connectivity index (χ0v) is 10.6. The molecule has 1 atom stereocenters. The number of furan rings is 1. The van der Waals surface area contributed by atoms with Crippen molar-refractivity contribution in [2.75, 3.05) is 5.32 Å². The van der Waals surface area contributed by atoms with Crippen LogP contribution in [0.2, 0.25) is 0 Å². The van der Waals surface area contributed by atoms with Crippen molar-refractivity contribution in [2.45, 2.75) is 13.0 Å². The van der Waals surface area contributed by atoms with E-state index in [0.29, 0.717) is 0 Å². The number of para-hydroxylation sites is 1. The zero-order chi connectivity index (χ0) is 13.2. The van der Waals surface area contributed by atoms with Crippen LogP contribution in [0, 0.1) is 0 Å². The van der Waals surface area contributed by atoms with Crippen molar-refractivity contribution in [1.29, 1.82) is 0 Å². The molecule has 19 heavy (non-hydrogen) atoms. The lowest BCUT2D eigenvalue weighted by Gasteiger charge is -2.14. The molecule has 0 bridgehead atoms. The minimum Gasteiger partial charge on any atom is -0.464 e.